The number of fused-ring (bicyclic) bond motifs is 2. The molecule has 8 heteroatoms. The quantitative estimate of drug-likeness (QED) is 0.517. The average Bonchev–Trinajstić information content (AvgIpc) is 3.29. The Balaban J connectivity index is 1.65. The standard InChI is InChI=1S/C21H15N7O/c1-13-2-4-14(5-3-13)11-27-19-17(25-21(27)29)10-23-20(26-19)28-12-24-16-7-6-15(9-22)8-18(16)28/h2-8,10,12H,11H2,1H3,(H,25,29). The molecule has 2 aromatic carbocycles. The molecule has 3 aromatic heterocycles. The Bertz CT molecular complexity index is 1470. The summed E-state index contributed by atoms with van der Waals surface area (Å²) in [7, 11) is 0. The van der Waals surface area contributed by atoms with Crippen LogP contribution in [-0.4, -0.2) is 29.1 Å². The first-order chi connectivity index (χ1) is 14.1. The second-order valence-electron chi connectivity index (χ2n) is 6.84. The minimum absolute atomic E-state index is 0.241. The maximum atomic E-state index is 12.5. The number of imidazole rings is 2. The molecule has 1 N–H and O–H groups in total. The largest absolute Gasteiger partial charge is 0.328 e. The molecule has 0 atom stereocenters. The fourth-order valence-electron chi connectivity index (χ4n) is 3.31. The SMILES string of the molecule is Cc1ccc(Cn2c(=O)[nH]c3cnc(-n4cnc5ccc(C#N)cc54)nc32)cc1. The predicted octanol–water partition coefficient (Wildman–Crippen LogP) is 2.69. The highest BCUT2D eigenvalue weighted by Crippen LogP contribution is 2.19. The summed E-state index contributed by atoms with van der Waals surface area (Å²) in [6, 6.07) is 15.4. The van der Waals surface area contributed by atoms with Gasteiger partial charge in [0.1, 0.15) is 11.8 Å². The van der Waals surface area contributed by atoms with Gasteiger partial charge < -0.3 is 4.98 Å². The van der Waals surface area contributed by atoms with Crippen LogP contribution in [0.5, 0.6) is 0 Å². The molecule has 5 rings (SSSR count). The summed E-state index contributed by atoms with van der Waals surface area (Å²) < 4.78 is 3.30. The monoisotopic (exact) mass is 381 g/mol. The molecule has 0 spiro atoms. The summed E-state index contributed by atoms with van der Waals surface area (Å²) in [6.45, 7) is 2.42. The number of hydrogen-bond acceptors (Lipinski definition) is 5. The summed E-state index contributed by atoms with van der Waals surface area (Å²) in [6.07, 6.45) is 3.20. The first-order valence-electron chi connectivity index (χ1n) is 9.01. The molecule has 29 heavy (non-hydrogen) atoms. The van der Waals surface area contributed by atoms with Gasteiger partial charge in [0.25, 0.3) is 0 Å². The van der Waals surface area contributed by atoms with Gasteiger partial charge in [0.15, 0.2) is 5.65 Å². The van der Waals surface area contributed by atoms with Crippen molar-refractivity contribution in [3.05, 3.63) is 82.2 Å². The van der Waals surface area contributed by atoms with Gasteiger partial charge in [0.05, 0.1) is 35.4 Å². The van der Waals surface area contributed by atoms with E-state index in [0.717, 1.165) is 22.2 Å². The topological polar surface area (TPSA) is 105 Å². The van der Waals surface area contributed by atoms with Gasteiger partial charge in [0.2, 0.25) is 5.95 Å². The van der Waals surface area contributed by atoms with Crippen LogP contribution in [0, 0.1) is 18.3 Å². The molecule has 0 aliphatic carbocycles. The van der Waals surface area contributed by atoms with Crippen LogP contribution in [0.25, 0.3) is 28.1 Å². The van der Waals surface area contributed by atoms with E-state index in [1.165, 1.54) is 0 Å². The Morgan fingerprint density at radius 1 is 1.14 bits per heavy atom. The molecule has 3 heterocycles. The number of H-pyrrole nitrogens is 1. The number of aryl methyl sites for hydroxylation is 1. The fourth-order valence-corrected chi connectivity index (χ4v) is 3.31. The van der Waals surface area contributed by atoms with Crippen molar-refractivity contribution in [1.82, 2.24) is 29.1 Å². The molecule has 8 nitrogen and oxygen atoms in total. The van der Waals surface area contributed by atoms with Gasteiger partial charge in [-0.2, -0.15) is 10.2 Å². The highest BCUT2D eigenvalue weighted by atomic mass is 16.1. The first-order valence-corrected chi connectivity index (χ1v) is 9.01. The van der Waals surface area contributed by atoms with E-state index in [2.05, 4.69) is 26.0 Å². The van der Waals surface area contributed by atoms with E-state index >= 15 is 0 Å². The number of nitrogens with one attached hydrogen (secondary N) is 1. The molecule has 0 fully saturated rings. The Morgan fingerprint density at radius 2 is 1.97 bits per heavy atom. The lowest BCUT2D eigenvalue weighted by Gasteiger charge is -2.06. The van der Waals surface area contributed by atoms with Crippen molar-refractivity contribution in [3.63, 3.8) is 0 Å². The number of benzene rings is 2. The van der Waals surface area contributed by atoms with Gasteiger partial charge in [-0.15, -0.1) is 0 Å². The first kappa shape index (κ1) is 16.9. The summed E-state index contributed by atoms with van der Waals surface area (Å²) in [4.78, 5) is 28.6. The third-order valence-corrected chi connectivity index (χ3v) is 4.85. The van der Waals surface area contributed by atoms with E-state index in [-0.39, 0.29) is 5.69 Å². The normalized spacial score (nSPS) is 11.2. The Labute approximate surface area is 164 Å². The van der Waals surface area contributed by atoms with Crippen molar-refractivity contribution in [2.24, 2.45) is 0 Å². The number of hydrogen-bond donors (Lipinski definition) is 1. The van der Waals surface area contributed by atoms with Crippen molar-refractivity contribution in [2.45, 2.75) is 13.5 Å². The Morgan fingerprint density at radius 3 is 2.76 bits per heavy atom. The van der Waals surface area contributed by atoms with Gasteiger partial charge in [-0.1, -0.05) is 29.8 Å². The maximum absolute atomic E-state index is 12.5. The highest BCUT2D eigenvalue weighted by molar-refractivity contribution is 5.79. The van der Waals surface area contributed by atoms with E-state index in [0.29, 0.717) is 29.2 Å². The number of aromatic amines is 1. The second-order valence-corrected chi connectivity index (χ2v) is 6.84. The molecule has 0 aliphatic rings. The van der Waals surface area contributed by atoms with E-state index in [1.54, 1.807) is 39.9 Å². The minimum Gasteiger partial charge on any atom is -0.303 e. The van der Waals surface area contributed by atoms with Crippen LogP contribution < -0.4 is 5.69 Å². The zero-order chi connectivity index (χ0) is 20.0. The van der Waals surface area contributed by atoms with Crippen molar-refractivity contribution >= 4 is 22.2 Å². The van der Waals surface area contributed by atoms with E-state index in [9.17, 15) is 10.1 Å². The van der Waals surface area contributed by atoms with Crippen LogP contribution in [0.3, 0.4) is 0 Å². The second kappa shape index (κ2) is 6.42. The zero-order valence-corrected chi connectivity index (χ0v) is 15.5. The van der Waals surface area contributed by atoms with E-state index in [1.807, 2.05) is 31.2 Å². The van der Waals surface area contributed by atoms with Gasteiger partial charge in [-0.05, 0) is 30.7 Å². The number of nitriles is 1. The number of nitrogens with zero attached hydrogens (tertiary/aromatic N) is 6. The molecule has 0 amide bonds. The Kier molecular flexibility index (Phi) is 3.74. The smallest absolute Gasteiger partial charge is 0.303 e. The van der Waals surface area contributed by atoms with Gasteiger partial charge in [-0.25, -0.2) is 14.8 Å². The lowest BCUT2D eigenvalue weighted by Crippen LogP contribution is -2.18. The average molecular weight is 381 g/mol. The molecule has 0 bridgehead atoms. The van der Waals surface area contributed by atoms with Crippen LogP contribution in [0.15, 0.2) is 59.8 Å². The van der Waals surface area contributed by atoms with Gasteiger partial charge in [-0.3, -0.25) is 9.13 Å². The van der Waals surface area contributed by atoms with Crippen molar-refractivity contribution in [3.8, 4) is 12.0 Å². The van der Waals surface area contributed by atoms with Crippen molar-refractivity contribution in [2.75, 3.05) is 0 Å². The summed E-state index contributed by atoms with van der Waals surface area (Å²) in [5, 5.41) is 9.18. The van der Waals surface area contributed by atoms with Crippen LogP contribution in [0.4, 0.5) is 0 Å². The molecule has 0 unspecified atom stereocenters. The number of rotatable bonds is 3. The molecular formula is C21H15N7O. The minimum atomic E-state index is -0.241. The summed E-state index contributed by atoms with van der Waals surface area (Å²) in [5.41, 5.74) is 4.99. The zero-order valence-electron chi connectivity index (χ0n) is 15.5. The lowest BCUT2D eigenvalue weighted by molar-refractivity contribution is 0.774. The Hall–Kier alpha value is -4.25. The number of aromatic nitrogens is 6. The maximum Gasteiger partial charge on any atom is 0.328 e. The molecule has 0 aliphatic heterocycles. The van der Waals surface area contributed by atoms with Crippen LogP contribution >= 0.6 is 0 Å². The predicted molar refractivity (Wildman–Crippen MR) is 108 cm³/mol. The highest BCUT2D eigenvalue weighted by Gasteiger charge is 2.13. The third kappa shape index (κ3) is 2.85. The molecule has 0 saturated heterocycles. The summed E-state index contributed by atoms with van der Waals surface area (Å²) >= 11 is 0. The van der Waals surface area contributed by atoms with E-state index in [4.69, 9.17) is 0 Å². The van der Waals surface area contributed by atoms with Crippen molar-refractivity contribution < 1.29 is 0 Å². The van der Waals surface area contributed by atoms with Gasteiger partial charge in [0, 0.05) is 0 Å². The van der Waals surface area contributed by atoms with Crippen LogP contribution in [0.2, 0.25) is 0 Å². The molecule has 5 aromatic rings. The molecule has 140 valence electrons. The van der Waals surface area contributed by atoms with Crippen LogP contribution in [0.1, 0.15) is 16.7 Å². The molecule has 0 radical (unpaired) electrons. The van der Waals surface area contributed by atoms with E-state index < -0.39 is 0 Å². The fraction of sp³-hybridized carbons (Fsp3) is 0.0952. The third-order valence-electron chi connectivity index (χ3n) is 4.85. The van der Waals surface area contributed by atoms with Gasteiger partial charge >= 0.3 is 5.69 Å². The van der Waals surface area contributed by atoms with Crippen molar-refractivity contribution in [1.29, 1.82) is 5.26 Å². The van der Waals surface area contributed by atoms with Crippen LogP contribution in [-0.2, 0) is 6.54 Å². The molecular weight excluding hydrogens is 366 g/mol. The lowest BCUT2D eigenvalue weighted by atomic mass is 10.1. The molecule has 0 saturated carbocycles. The summed E-state index contributed by atoms with van der Waals surface area (Å²) in [5.74, 6) is 0.381.